The second-order valence-corrected chi connectivity index (χ2v) is 7.35. The largest absolute Gasteiger partial charge is 0.478 e. The van der Waals surface area contributed by atoms with Crippen LogP contribution in [0.4, 0.5) is 13.2 Å². The van der Waals surface area contributed by atoms with Gasteiger partial charge >= 0.3 is 12.1 Å². The average molecular weight is 446 g/mol. The highest BCUT2D eigenvalue weighted by Crippen LogP contribution is 2.46. The van der Waals surface area contributed by atoms with Crippen LogP contribution in [0.1, 0.15) is 5.56 Å². The molecule has 26 heavy (non-hydrogen) atoms. The first-order valence-corrected chi connectivity index (χ1v) is 8.71. The van der Waals surface area contributed by atoms with Crippen molar-refractivity contribution in [2.75, 3.05) is 0 Å². The number of carboxylic acids is 1. The number of benzene rings is 1. The Balaban J connectivity index is 2.04. The SMILES string of the molecule is O=C(O)C1=Cc2cc(Cl)c(Oc3c(Cl)csc3Cl)cc2OC1C(F)(F)F. The van der Waals surface area contributed by atoms with Crippen molar-refractivity contribution in [3.63, 3.8) is 0 Å². The number of halogens is 6. The van der Waals surface area contributed by atoms with Crippen molar-refractivity contribution >= 4 is 58.2 Å². The molecule has 0 bridgehead atoms. The van der Waals surface area contributed by atoms with Crippen LogP contribution in [-0.2, 0) is 4.79 Å². The molecule has 1 N–H and O–H groups in total. The molecule has 0 spiro atoms. The van der Waals surface area contributed by atoms with Crippen LogP contribution in [0.3, 0.4) is 0 Å². The third-order valence-corrected chi connectivity index (χ3v) is 5.21. The summed E-state index contributed by atoms with van der Waals surface area (Å²) >= 11 is 19.0. The highest BCUT2D eigenvalue weighted by molar-refractivity contribution is 7.15. The molecule has 0 amide bonds. The molecule has 0 saturated carbocycles. The molecule has 2 heterocycles. The zero-order valence-corrected chi connectivity index (χ0v) is 15.3. The molecule has 4 nitrogen and oxygen atoms in total. The van der Waals surface area contributed by atoms with Crippen LogP contribution in [0.2, 0.25) is 14.4 Å². The Morgan fingerprint density at radius 1 is 1.23 bits per heavy atom. The first-order valence-electron chi connectivity index (χ1n) is 6.70. The molecule has 0 saturated heterocycles. The van der Waals surface area contributed by atoms with Gasteiger partial charge in [-0.05, 0) is 12.1 Å². The Hall–Kier alpha value is -1.61. The number of ether oxygens (including phenoxy) is 2. The van der Waals surface area contributed by atoms with Crippen LogP contribution in [0.25, 0.3) is 6.08 Å². The van der Waals surface area contributed by atoms with Gasteiger partial charge in [0.2, 0.25) is 6.10 Å². The summed E-state index contributed by atoms with van der Waals surface area (Å²) in [5, 5.41) is 10.8. The van der Waals surface area contributed by atoms with E-state index in [1.807, 2.05) is 0 Å². The van der Waals surface area contributed by atoms with Crippen LogP contribution < -0.4 is 9.47 Å². The number of alkyl halides is 3. The van der Waals surface area contributed by atoms with Crippen LogP contribution in [-0.4, -0.2) is 23.4 Å². The number of hydrogen-bond donors (Lipinski definition) is 1. The third-order valence-electron chi connectivity index (χ3n) is 3.32. The van der Waals surface area contributed by atoms with Gasteiger partial charge in [-0.15, -0.1) is 11.3 Å². The molecule has 0 fully saturated rings. The average Bonchev–Trinajstić information content (AvgIpc) is 2.85. The smallest absolute Gasteiger partial charge is 0.430 e. The molecule has 1 aliphatic heterocycles. The van der Waals surface area contributed by atoms with Gasteiger partial charge in [-0.3, -0.25) is 0 Å². The summed E-state index contributed by atoms with van der Waals surface area (Å²) in [7, 11) is 0. The molecule has 2 aromatic rings. The number of rotatable bonds is 3. The van der Waals surface area contributed by atoms with Crippen molar-refractivity contribution in [3.8, 4) is 17.2 Å². The van der Waals surface area contributed by atoms with Gasteiger partial charge in [-0.1, -0.05) is 34.8 Å². The normalized spacial score (nSPS) is 16.5. The number of carbonyl (C=O) groups is 1. The van der Waals surface area contributed by atoms with Crippen molar-refractivity contribution in [1.82, 2.24) is 0 Å². The second-order valence-electron chi connectivity index (χ2n) is 5.05. The summed E-state index contributed by atoms with van der Waals surface area (Å²) in [6, 6.07) is 2.35. The molecule has 1 atom stereocenters. The van der Waals surface area contributed by atoms with E-state index in [-0.39, 0.29) is 37.2 Å². The zero-order chi connectivity index (χ0) is 19.2. The predicted molar refractivity (Wildman–Crippen MR) is 91.9 cm³/mol. The van der Waals surface area contributed by atoms with Crippen molar-refractivity contribution in [2.24, 2.45) is 0 Å². The summed E-state index contributed by atoms with van der Waals surface area (Å²) in [6.07, 6.45) is -6.67. The first-order chi connectivity index (χ1) is 12.1. The maximum atomic E-state index is 13.1. The van der Waals surface area contributed by atoms with E-state index < -0.39 is 23.8 Å². The van der Waals surface area contributed by atoms with E-state index in [9.17, 15) is 18.0 Å². The lowest BCUT2D eigenvalue weighted by molar-refractivity contribution is -0.187. The maximum Gasteiger partial charge on any atom is 0.430 e. The minimum absolute atomic E-state index is 0.0112. The number of thiophene rings is 1. The van der Waals surface area contributed by atoms with Gasteiger partial charge in [0.1, 0.15) is 15.8 Å². The van der Waals surface area contributed by atoms with Gasteiger partial charge in [-0.25, -0.2) is 4.79 Å². The van der Waals surface area contributed by atoms with E-state index in [1.54, 1.807) is 0 Å². The zero-order valence-electron chi connectivity index (χ0n) is 12.2. The van der Waals surface area contributed by atoms with Crippen molar-refractivity contribution in [1.29, 1.82) is 0 Å². The van der Waals surface area contributed by atoms with E-state index in [1.165, 1.54) is 11.4 Å². The Morgan fingerprint density at radius 2 is 1.92 bits per heavy atom. The topological polar surface area (TPSA) is 55.8 Å². The van der Waals surface area contributed by atoms with Crippen LogP contribution in [0.15, 0.2) is 23.1 Å². The third kappa shape index (κ3) is 3.59. The Kier molecular flexibility index (Phi) is 5.04. The van der Waals surface area contributed by atoms with Gasteiger partial charge in [0.25, 0.3) is 0 Å². The molecule has 1 unspecified atom stereocenters. The number of aliphatic carboxylic acids is 1. The molecule has 11 heteroatoms. The molecule has 0 aliphatic carbocycles. The van der Waals surface area contributed by atoms with Gasteiger partial charge in [0.05, 0.1) is 15.6 Å². The fourth-order valence-corrected chi connectivity index (χ4v) is 3.63. The molecule has 1 aromatic heterocycles. The Labute approximate surface area is 163 Å². The summed E-state index contributed by atoms with van der Waals surface area (Å²) in [4.78, 5) is 11.1. The van der Waals surface area contributed by atoms with E-state index in [0.29, 0.717) is 0 Å². The predicted octanol–water partition coefficient (Wildman–Crippen LogP) is 6.29. The number of carboxylic acid groups (broad SMARTS) is 1. The van der Waals surface area contributed by atoms with Gasteiger partial charge in [0, 0.05) is 17.0 Å². The fourth-order valence-electron chi connectivity index (χ4n) is 2.20. The van der Waals surface area contributed by atoms with Crippen LogP contribution in [0, 0.1) is 0 Å². The summed E-state index contributed by atoms with van der Waals surface area (Å²) < 4.78 is 49.9. The highest BCUT2D eigenvalue weighted by atomic mass is 35.5. The fraction of sp³-hybridized carbons (Fsp3) is 0.133. The minimum Gasteiger partial charge on any atom is -0.478 e. The molecule has 1 aliphatic rings. The van der Waals surface area contributed by atoms with Gasteiger partial charge in [-0.2, -0.15) is 13.2 Å². The minimum atomic E-state index is -4.91. The molecular weight excluding hydrogens is 440 g/mol. The second kappa shape index (κ2) is 6.84. The van der Waals surface area contributed by atoms with Crippen molar-refractivity contribution < 1.29 is 32.5 Å². The van der Waals surface area contributed by atoms with Crippen LogP contribution in [0.5, 0.6) is 17.2 Å². The molecule has 0 radical (unpaired) electrons. The Morgan fingerprint density at radius 3 is 2.46 bits per heavy atom. The van der Waals surface area contributed by atoms with E-state index in [0.717, 1.165) is 23.5 Å². The van der Waals surface area contributed by atoms with Gasteiger partial charge in [0.15, 0.2) is 5.75 Å². The Bertz CT molecular complexity index is 904. The van der Waals surface area contributed by atoms with Crippen LogP contribution >= 0.6 is 46.1 Å². The monoisotopic (exact) mass is 444 g/mol. The lowest BCUT2D eigenvalue weighted by atomic mass is 10.0. The maximum absolute atomic E-state index is 13.1. The number of fused-ring (bicyclic) bond motifs is 1. The van der Waals surface area contributed by atoms with Gasteiger partial charge < -0.3 is 14.6 Å². The highest BCUT2D eigenvalue weighted by Gasteiger charge is 2.48. The standard InChI is InChI=1S/C15H6Cl3F3O4S/c16-7-2-5-1-6(14(22)23)12(15(19,20)21)25-9(5)3-10(7)24-11-8(17)4-26-13(11)18/h1-4,12H,(H,22,23). The van der Waals surface area contributed by atoms with E-state index in [4.69, 9.17) is 49.4 Å². The molecular formula is C15H6Cl3F3O4S. The molecule has 138 valence electrons. The first kappa shape index (κ1) is 19.2. The van der Waals surface area contributed by atoms with Crippen molar-refractivity contribution in [3.05, 3.63) is 43.0 Å². The summed E-state index contributed by atoms with van der Waals surface area (Å²) in [5.74, 6) is -1.92. The van der Waals surface area contributed by atoms with Crippen molar-refractivity contribution in [2.45, 2.75) is 12.3 Å². The summed E-state index contributed by atoms with van der Waals surface area (Å²) in [6.45, 7) is 0. The summed E-state index contributed by atoms with van der Waals surface area (Å²) in [5.41, 5.74) is -0.874. The number of hydrogen-bond acceptors (Lipinski definition) is 4. The quantitative estimate of drug-likeness (QED) is 0.603. The van der Waals surface area contributed by atoms with E-state index in [2.05, 4.69) is 0 Å². The lowest BCUT2D eigenvalue weighted by Gasteiger charge is -2.27. The molecule has 1 aromatic carbocycles. The molecule has 3 rings (SSSR count). The lowest BCUT2D eigenvalue weighted by Crippen LogP contribution is -2.40. The van der Waals surface area contributed by atoms with E-state index >= 15 is 0 Å².